The lowest BCUT2D eigenvalue weighted by Crippen LogP contribution is -1.97. The summed E-state index contributed by atoms with van der Waals surface area (Å²) in [4.78, 5) is 0. The van der Waals surface area contributed by atoms with Gasteiger partial charge in [-0.2, -0.15) is 0 Å². The Morgan fingerprint density at radius 2 is 0.255 bits per heavy atom. The fraction of sp³-hybridized carbons (Fsp3) is 0. The zero-order valence-corrected chi connectivity index (χ0v) is 53.8. The van der Waals surface area contributed by atoms with Crippen molar-refractivity contribution in [2.75, 3.05) is 0 Å². The number of hydrogen-bond donors (Lipinski definition) is 0. The SMILES string of the molecule is c1cc2ccc3ccc4ccc5ccc6ccc1c1c2c3c4c5c61.c1ccc(-c2c3ccccc3c(-c3ccccc3)c3c(-c4ccccc4)c4ccccc4c(-c4ccccc4)c23)cc1.c1ccc2c(c1)ccc1c3ccccc3ccc21.c1ccc2c(c1)ccc1ccccc12. The second-order valence-electron chi connectivity index (χ2n) is 26.0. The first-order valence-corrected chi connectivity index (χ1v) is 34.1. The minimum Gasteiger partial charge on any atom is -0.0622 e. The van der Waals surface area contributed by atoms with Crippen molar-refractivity contribution in [2.24, 2.45) is 0 Å². The molecule has 0 bridgehead atoms. The highest BCUT2D eigenvalue weighted by molar-refractivity contribution is 6.44. The maximum absolute atomic E-state index is 2.30. The molecular weight excluding hydrogens is 1180 g/mol. The van der Waals surface area contributed by atoms with E-state index in [1.807, 2.05) is 0 Å². The highest BCUT2D eigenvalue weighted by Crippen LogP contribution is 2.54. The summed E-state index contributed by atoms with van der Waals surface area (Å²) < 4.78 is 0. The molecule has 0 amide bonds. The molecule has 0 nitrogen and oxygen atoms in total. The van der Waals surface area contributed by atoms with Gasteiger partial charge in [-0.1, -0.05) is 376 Å². The Balaban J connectivity index is 0.000000101. The van der Waals surface area contributed by atoms with E-state index < -0.39 is 0 Å². The first-order valence-electron chi connectivity index (χ1n) is 34.1. The van der Waals surface area contributed by atoms with Crippen LogP contribution in [0.15, 0.2) is 376 Å². The molecule has 0 aromatic heterocycles. The Morgan fingerprint density at radius 1 is 0.0918 bits per heavy atom. The van der Waals surface area contributed by atoms with E-state index in [0.29, 0.717) is 0 Å². The lowest BCUT2D eigenvalue weighted by molar-refractivity contribution is 1.63. The predicted molar refractivity (Wildman–Crippen MR) is 426 cm³/mol. The Labute approximate surface area is 567 Å². The molecule has 0 N–H and O–H groups in total. The minimum atomic E-state index is 1.23. The van der Waals surface area contributed by atoms with Gasteiger partial charge in [-0.25, -0.2) is 0 Å². The van der Waals surface area contributed by atoms with E-state index in [2.05, 4.69) is 376 Å². The van der Waals surface area contributed by atoms with Crippen molar-refractivity contribution < 1.29 is 0 Å². The highest BCUT2D eigenvalue weighted by Gasteiger charge is 2.26. The third-order valence-electron chi connectivity index (χ3n) is 20.6. The number of fused-ring (bicyclic) bond motifs is 11. The molecule has 0 saturated carbocycles. The zero-order chi connectivity index (χ0) is 64.6. The average Bonchev–Trinajstić information content (AvgIpc) is 0.687. The second-order valence-corrected chi connectivity index (χ2v) is 26.0. The van der Waals surface area contributed by atoms with Crippen LogP contribution < -0.4 is 0 Å². The average molecular weight is 1240 g/mol. The number of benzene rings is 22. The molecule has 0 atom stereocenters. The summed E-state index contributed by atoms with van der Waals surface area (Å²) >= 11 is 0. The van der Waals surface area contributed by atoms with Crippen LogP contribution >= 0.6 is 0 Å². The van der Waals surface area contributed by atoms with Gasteiger partial charge in [0.1, 0.15) is 0 Å². The van der Waals surface area contributed by atoms with Crippen molar-refractivity contribution in [3.63, 3.8) is 0 Å². The van der Waals surface area contributed by atoms with E-state index in [9.17, 15) is 0 Å². The molecule has 0 aliphatic heterocycles. The van der Waals surface area contributed by atoms with E-state index in [4.69, 9.17) is 0 Å². The summed E-state index contributed by atoms with van der Waals surface area (Å²) in [5.41, 5.74) is 10.0. The Morgan fingerprint density at radius 3 is 0.480 bits per heavy atom. The molecule has 0 radical (unpaired) electrons. The van der Waals surface area contributed by atoms with Crippen LogP contribution in [0, 0.1) is 0 Å². The van der Waals surface area contributed by atoms with Crippen LogP contribution in [0.1, 0.15) is 0 Å². The molecule has 22 rings (SSSR count). The van der Waals surface area contributed by atoms with Crippen molar-refractivity contribution in [3.8, 4) is 44.5 Å². The minimum absolute atomic E-state index is 1.23. The van der Waals surface area contributed by atoms with Crippen molar-refractivity contribution in [2.45, 2.75) is 0 Å². The van der Waals surface area contributed by atoms with Gasteiger partial charge in [0.25, 0.3) is 0 Å². The second kappa shape index (κ2) is 23.6. The van der Waals surface area contributed by atoms with Gasteiger partial charge < -0.3 is 0 Å². The molecule has 0 aliphatic rings. The molecule has 0 fully saturated rings. The van der Waals surface area contributed by atoms with Gasteiger partial charge in [0.05, 0.1) is 0 Å². The van der Waals surface area contributed by atoms with E-state index in [0.717, 1.165) is 0 Å². The molecule has 454 valence electrons. The van der Waals surface area contributed by atoms with E-state index in [1.165, 1.54) is 195 Å². The molecule has 98 heavy (non-hydrogen) atoms. The van der Waals surface area contributed by atoms with Crippen LogP contribution in [0.3, 0.4) is 0 Å². The van der Waals surface area contributed by atoms with Crippen molar-refractivity contribution >= 4 is 151 Å². The molecule has 0 aliphatic carbocycles. The van der Waals surface area contributed by atoms with Crippen LogP contribution in [-0.2, 0) is 0 Å². The van der Waals surface area contributed by atoms with Gasteiger partial charge in [-0.05, 0) is 195 Å². The summed E-state index contributed by atoms with van der Waals surface area (Å²) in [5, 5.41) is 37.6. The van der Waals surface area contributed by atoms with Gasteiger partial charge in [-0.3, -0.25) is 0 Å². The molecule has 22 aromatic rings. The Bertz CT molecular complexity index is 5910. The van der Waals surface area contributed by atoms with E-state index >= 15 is 0 Å². The van der Waals surface area contributed by atoms with E-state index in [-0.39, 0.29) is 0 Å². The van der Waals surface area contributed by atoms with Crippen LogP contribution in [0.25, 0.3) is 195 Å². The zero-order valence-electron chi connectivity index (χ0n) is 53.8. The molecular formula is C98H62. The van der Waals surface area contributed by atoms with Crippen molar-refractivity contribution in [1.82, 2.24) is 0 Å². The largest absolute Gasteiger partial charge is 0.0622 e. The summed E-state index contributed by atoms with van der Waals surface area (Å²) in [5.74, 6) is 0. The smallest absolute Gasteiger partial charge is 0.000139 e. The molecule has 0 heteroatoms. The summed E-state index contributed by atoms with van der Waals surface area (Å²) in [7, 11) is 0. The van der Waals surface area contributed by atoms with Gasteiger partial charge >= 0.3 is 0 Å². The first kappa shape index (κ1) is 56.8. The molecule has 0 saturated heterocycles. The number of rotatable bonds is 4. The molecule has 0 spiro atoms. The lowest BCUT2D eigenvalue weighted by Gasteiger charge is -2.25. The lowest BCUT2D eigenvalue weighted by atomic mass is 9.77. The Hall–Kier alpha value is -12.7. The third kappa shape index (κ3) is 9.29. The quantitative estimate of drug-likeness (QED) is 0.122. The highest BCUT2D eigenvalue weighted by atomic mass is 14.3. The van der Waals surface area contributed by atoms with Crippen molar-refractivity contribution in [1.29, 1.82) is 0 Å². The van der Waals surface area contributed by atoms with Gasteiger partial charge in [0, 0.05) is 0 Å². The maximum atomic E-state index is 2.30. The Kier molecular flexibility index (Phi) is 13.7. The third-order valence-corrected chi connectivity index (χ3v) is 20.6. The normalized spacial score (nSPS) is 11.7. The van der Waals surface area contributed by atoms with Crippen LogP contribution in [0.2, 0.25) is 0 Å². The molecule has 22 aromatic carbocycles. The monoisotopic (exact) mass is 1240 g/mol. The maximum Gasteiger partial charge on any atom is -0.000139 e. The number of hydrogen-bond acceptors (Lipinski definition) is 0. The summed E-state index contributed by atoms with van der Waals surface area (Å²) in [6.45, 7) is 0. The van der Waals surface area contributed by atoms with Gasteiger partial charge in [0.15, 0.2) is 0 Å². The first-order chi connectivity index (χ1) is 48.7. The van der Waals surface area contributed by atoms with Crippen LogP contribution in [-0.4, -0.2) is 0 Å². The van der Waals surface area contributed by atoms with E-state index in [1.54, 1.807) is 0 Å². The predicted octanol–water partition coefficient (Wildman–Crippen LogP) is 27.9. The van der Waals surface area contributed by atoms with Gasteiger partial charge in [-0.15, -0.1) is 0 Å². The fourth-order valence-electron chi connectivity index (χ4n) is 16.4. The summed E-state index contributed by atoms with van der Waals surface area (Å²) in [6, 6.07) is 136. The standard InChI is InChI=1S/C42H28.C24H12.C18H12.C14H10/c1-5-17-29(18-6-1)37-33-25-13-14-26-34(33)39(31-21-9-3-10-22-31)42-40(32-23-11-4-12-24-32)36-28-16-15-27-35(36)38(41(37)42)30-19-7-2-8-20-30;1-2-14-5-6-16-9-11-18-12-10-17-8-7-15-4-3-13(1)19-20(14)22(16)24(18)23(17)21(15)19;1-3-7-15-13(5-1)9-11-18-16-8-4-2-6-14(16)10-12-17(15)18;1-3-7-13-11(5-1)9-10-12-6-2-4-8-14(12)13/h1-28H;1-12H;1-12H;1-10H. The van der Waals surface area contributed by atoms with Crippen LogP contribution in [0.5, 0.6) is 0 Å². The molecule has 0 unspecified atom stereocenters. The van der Waals surface area contributed by atoms with Crippen molar-refractivity contribution in [3.05, 3.63) is 376 Å². The van der Waals surface area contributed by atoms with Gasteiger partial charge in [0.2, 0.25) is 0 Å². The molecule has 0 heterocycles. The topological polar surface area (TPSA) is 0 Å². The summed E-state index contributed by atoms with van der Waals surface area (Å²) in [6.07, 6.45) is 0. The van der Waals surface area contributed by atoms with Crippen LogP contribution in [0.4, 0.5) is 0 Å². The fourth-order valence-corrected chi connectivity index (χ4v) is 16.4.